The quantitative estimate of drug-likeness (QED) is 0.785. The second-order valence-electron chi connectivity index (χ2n) is 2.98. The molecule has 96 valence electrons. The van der Waals surface area contributed by atoms with Crippen molar-refractivity contribution >= 4 is 21.9 Å². The molecule has 0 amide bonds. The Kier molecular flexibility index (Phi) is 4.19. The molecule has 0 N–H and O–H groups in total. The van der Waals surface area contributed by atoms with E-state index in [1.807, 2.05) is 0 Å². The smallest absolute Gasteiger partial charge is 0.465 e. The van der Waals surface area contributed by atoms with Gasteiger partial charge in [-0.1, -0.05) is 0 Å². The van der Waals surface area contributed by atoms with Gasteiger partial charge in [0.15, 0.2) is 0 Å². The van der Waals surface area contributed by atoms with Crippen LogP contribution in [0.15, 0.2) is 16.6 Å². The zero-order valence-electron chi connectivity index (χ0n) is 8.84. The zero-order valence-corrected chi connectivity index (χ0v) is 10.4. The summed E-state index contributed by atoms with van der Waals surface area (Å²) >= 11 is 2.89. The summed E-state index contributed by atoms with van der Waals surface area (Å²) in [5.41, 5.74) is -0.525. The summed E-state index contributed by atoms with van der Waals surface area (Å²) < 4.78 is 44.5. The molecule has 1 aromatic rings. The molecule has 0 aromatic heterocycles. The van der Waals surface area contributed by atoms with Gasteiger partial charge in [-0.05, 0) is 28.1 Å². The van der Waals surface area contributed by atoms with E-state index in [-0.39, 0.29) is 15.6 Å². The number of hydrogen-bond donors (Lipinski definition) is 0. The third kappa shape index (κ3) is 3.37. The summed E-state index contributed by atoms with van der Waals surface area (Å²) in [6, 6.07) is 3.52. The fourth-order valence-electron chi connectivity index (χ4n) is 1.13. The lowest BCUT2D eigenvalue weighted by atomic mass is 10.1. The number of halogens is 4. The van der Waals surface area contributed by atoms with Gasteiger partial charge in [-0.15, -0.1) is 13.2 Å². The second-order valence-corrected chi connectivity index (χ2v) is 3.84. The van der Waals surface area contributed by atoms with Crippen molar-refractivity contribution in [3.8, 4) is 11.8 Å². The molecule has 4 nitrogen and oxygen atoms in total. The van der Waals surface area contributed by atoms with Gasteiger partial charge in [0.05, 0.1) is 12.7 Å². The molecule has 0 heterocycles. The molecule has 0 saturated carbocycles. The topological polar surface area (TPSA) is 59.3 Å². The second kappa shape index (κ2) is 5.27. The summed E-state index contributed by atoms with van der Waals surface area (Å²) in [4.78, 5) is 11.2. The Balaban J connectivity index is 3.33. The van der Waals surface area contributed by atoms with Crippen molar-refractivity contribution in [2.75, 3.05) is 7.11 Å². The molecule has 0 spiro atoms. The maximum atomic E-state index is 12.1. The normalized spacial score (nSPS) is 10.7. The maximum Gasteiger partial charge on any atom is 0.573 e. The lowest BCUT2D eigenvalue weighted by molar-refractivity contribution is -0.274. The van der Waals surface area contributed by atoms with E-state index < -0.39 is 18.1 Å². The SMILES string of the molecule is COC(=O)c1cc(Br)c(C#N)c(OC(F)(F)F)c1. The Hall–Kier alpha value is -1.75. The minimum absolute atomic E-state index is 0.00662. The molecule has 0 aliphatic rings. The molecule has 0 unspecified atom stereocenters. The van der Waals surface area contributed by atoms with Crippen molar-refractivity contribution in [2.24, 2.45) is 0 Å². The van der Waals surface area contributed by atoms with Crippen LogP contribution in [0.1, 0.15) is 15.9 Å². The predicted molar refractivity (Wildman–Crippen MR) is 56.9 cm³/mol. The number of hydrogen-bond acceptors (Lipinski definition) is 4. The third-order valence-electron chi connectivity index (χ3n) is 1.81. The van der Waals surface area contributed by atoms with Crippen LogP contribution in [0.4, 0.5) is 13.2 Å². The van der Waals surface area contributed by atoms with E-state index in [0.29, 0.717) is 0 Å². The van der Waals surface area contributed by atoms with Gasteiger partial charge < -0.3 is 9.47 Å². The Morgan fingerprint density at radius 1 is 1.44 bits per heavy atom. The first-order chi connectivity index (χ1) is 8.28. The number of ether oxygens (including phenoxy) is 2. The van der Waals surface area contributed by atoms with Gasteiger partial charge in [-0.25, -0.2) is 4.79 Å². The summed E-state index contributed by atoms with van der Waals surface area (Å²) in [6.45, 7) is 0. The van der Waals surface area contributed by atoms with Crippen molar-refractivity contribution in [1.29, 1.82) is 5.26 Å². The molecule has 0 bridgehead atoms. The number of alkyl halides is 3. The molecule has 18 heavy (non-hydrogen) atoms. The Morgan fingerprint density at radius 3 is 2.50 bits per heavy atom. The van der Waals surface area contributed by atoms with Crippen LogP contribution in [0.5, 0.6) is 5.75 Å². The first-order valence-electron chi connectivity index (χ1n) is 4.36. The zero-order chi connectivity index (χ0) is 13.9. The number of nitriles is 1. The van der Waals surface area contributed by atoms with Gasteiger partial charge in [-0.3, -0.25) is 0 Å². The van der Waals surface area contributed by atoms with Crippen molar-refractivity contribution in [2.45, 2.75) is 6.36 Å². The van der Waals surface area contributed by atoms with Gasteiger partial charge in [0.2, 0.25) is 0 Å². The Bertz CT molecular complexity index is 522. The number of esters is 1. The molecule has 8 heteroatoms. The van der Waals surface area contributed by atoms with E-state index in [2.05, 4.69) is 25.4 Å². The predicted octanol–water partition coefficient (Wildman–Crippen LogP) is 3.01. The Labute approximate surface area is 108 Å². The van der Waals surface area contributed by atoms with Gasteiger partial charge in [0.25, 0.3) is 0 Å². The molecule has 0 fully saturated rings. The van der Waals surface area contributed by atoms with Crippen LogP contribution in [0, 0.1) is 11.3 Å². The lowest BCUT2D eigenvalue weighted by Gasteiger charge is -2.12. The highest BCUT2D eigenvalue weighted by Crippen LogP contribution is 2.32. The largest absolute Gasteiger partial charge is 0.573 e. The highest BCUT2D eigenvalue weighted by molar-refractivity contribution is 9.10. The molecule has 0 aliphatic heterocycles. The van der Waals surface area contributed by atoms with Gasteiger partial charge in [0, 0.05) is 4.47 Å². The number of carbonyl (C=O) groups excluding carboxylic acids is 1. The van der Waals surface area contributed by atoms with E-state index in [4.69, 9.17) is 5.26 Å². The molecule has 0 saturated heterocycles. The van der Waals surface area contributed by atoms with Crippen LogP contribution in [0.2, 0.25) is 0 Å². The lowest BCUT2D eigenvalue weighted by Crippen LogP contribution is -2.18. The molecule has 0 aliphatic carbocycles. The first-order valence-corrected chi connectivity index (χ1v) is 5.15. The fraction of sp³-hybridized carbons (Fsp3) is 0.200. The van der Waals surface area contributed by atoms with Crippen LogP contribution in [-0.2, 0) is 4.74 Å². The number of methoxy groups -OCH3 is 1. The van der Waals surface area contributed by atoms with Gasteiger partial charge >= 0.3 is 12.3 Å². The van der Waals surface area contributed by atoms with Crippen LogP contribution in [0.25, 0.3) is 0 Å². The van der Waals surface area contributed by atoms with E-state index in [1.54, 1.807) is 6.07 Å². The first kappa shape index (κ1) is 14.3. The highest BCUT2D eigenvalue weighted by Gasteiger charge is 2.33. The van der Waals surface area contributed by atoms with E-state index in [9.17, 15) is 18.0 Å². The standard InChI is InChI=1S/C10H5BrF3NO3/c1-17-9(16)5-2-7(11)6(4-15)8(3-5)18-10(12,13)14/h2-3H,1H3. The van der Waals surface area contributed by atoms with Crippen molar-refractivity contribution in [3.05, 3.63) is 27.7 Å². The highest BCUT2D eigenvalue weighted by atomic mass is 79.9. The average molecular weight is 324 g/mol. The summed E-state index contributed by atoms with van der Waals surface area (Å²) in [6.07, 6.45) is -4.96. The van der Waals surface area contributed by atoms with Crippen LogP contribution >= 0.6 is 15.9 Å². The molecule has 1 aromatic carbocycles. The third-order valence-corrected chi connectivity index (χ3v) is 2.44. The van der Waals surface area contributed by atoms with Crippen LogP contribution < -0.4 is 4.74 Å². The number of carbonyl (C=O) groups is 1. The fourth-order valence-corrected chi connectivity index (χ4v) is 1.66. The number of rotatable bonds is 2. The van der Waals surface area contributed by atoms with Crippen molar-refractivity contribution in [1.82, 2.24) is 0 Å². The average Bonchev–Trinajstić information content (AvgIpc) is 2.25. The van der Waals surface area contributed by atoms with Crippen molar-refractivity contribution in [3.63, 3.8) is 0 Å². The minimum Gasteiger partial charge on any atom is -0.465 e. The monoisotopic (exact) mass is 323 g/mol. The Morgan fingerprint density at radius 2 is 2.06 bits per heavy atom. The van der Waals surface area contributed by atoms with Crippen LogP contribution in [0.3, 0.4) is 0 Å². The number of nitrogens with zero attached hydrogens (tertiary/aromatic N) is 1. The van der Waals surface area contributed by atoms with Gasteiger partial charge in [-0.2, -0.15) is 5.26 Å². The maximum absolute atomic E-state index is 12.1. The van der Waals surface area contributed by atoms with Gasteiger partial charge in [0.1, 0.15) is 17.4 Å². The van der Waals surface area contributed by atoms with Crippen molar-refractivity contribution < 1.29 is 27.4 Å². The molecule has 0 radical (unpaired) electrons. The summed E-state index contributed by atoms with van der Waals surface area (Å²) in [5.74, 6) is -1.60. The molecule has 0 atom stereocenters. The molecule has 1 rings (SSSR count). The summed E-state index contributed by atoms with van der Waals surface area (Å²) in [7, 11) is 1.08. The van der Waals surface area contributed by atoms with E-state index >= 15 is 0 Å². The number of benzene rings is 1. The van der Waals surface area contributed by atoms with E-state index in [1.165, 1.54) is 6.07 Å². The van der Waals surface area contributed by atoms with E-state index in [0.717, 1.165) is 13.2 Å². The molecular formula is C10H5BrF3NO3. The minimum atomic E-state index is -4.96. The summed E-state index contributed by atoms with van der Waals surface area (Å²) in [5, 5.41) is 8.74. The molecular weight excluding hydrogens is 319 g/mol. The van der Waals surface area contributed by atoms with Crippen LogP contribution in [-0.4, -0.2) is 19.4 Å².